The van der Waals surface area contributed by atoms with Gasteiger partial charge >= 0.3 is 0 Å². The number of nitrogens with zero attached hydrogens (tertiary/aromatic N) is 4. The largest absolute Gasteiger partial charge is 0.454 e. The molecule has 5 rings (SSSR count). The van der Waals surface area contributed by atoms with Gasteiger partial charge in [0.25, 0.3) is 0 Å². The molecule has 0 saturated carbocycles. The van der Waals surface area contributed by atoms with Gasteiger partial charge in [-0.15, -0.1) is 10.2 Å². The van der Waals surface area contributed by atoms with Crippen molar-refractivity contribution in [3.05, 3.63) is 78.9 Å². The van der Waals surface area contributed by atoms with E-state index in [9.17, 15) is 4.79 Å². The Morgan fingerprint density at radius 2 is 1.69 bits per heavy atom. The van der Waals surface area contributed by atoms with E-state index in [4.69, 9.17) is 9.47 Å². The molecule has 32 heavy (non-hydrogen) atoms. The first-order valence-electron chi connectivity index (χ1n) is 10.1. The number of rotatable bonds is 6. The zero-order valence-electron chi connectivity index (χ0n) is 17.3. The molecule has 1 aromatic heterocycles. The van der Waals surface area contributed by atoms with E-state index in [0.717, 1.165) is 16.9 Å². The van der Waals surface area contributed by atoms with Crippen LogP contribution in [-0.4, -0.2) is 40.3 Å². The van der Waals surface area contributed by atoms with E-state index in [-0.39, 0.29) is 18.5 Å². The highest BCUT2D eigenvalue weighted by Gasteiger charge is 2.21. The van der Waals surface area contributed by atoms with Crippen molar-refractivity contribution < 1.29 is 14.3 Å². The molecule has 160 valence electrons. The van der Waals surface area contributed by atoms with E-state index in [0.29, 0.717) is 22.5 Å². The predicted octanol–water partition coefficient (Wildman–Crippen LogP) is 4.42. The van der Waals surface area contributed by atoms with Gasteiger partial charge in [0.2, 0.25) is 12.7 Å². The molecule has 0 aliphatic carbocycles. The number of thioether (sulfide) groups is 1. The number of aromatic nitrogens is 3. The van der Waals surface area contributed by atoms with E-state index < -0.39 is 0 Å². The van der Waals surface area contributed by atoms with Crippen molar-refractivity contribution in [2.24, 2.45) is 0 Å². The van der Waals surface area contributed by atoms with Crippen molar-refractivity contribution in [2.45, 2.75) is 5.16 Å². The van der Waals surface area contributed by atoms with Crippen LogP contribution in [-0.2, 0) is 4.79 Å². The number of benzene rings is 3. The molecule has 8 heteroatoms. The molecule has 1 aliphatic rings. The lowest BCUT2D eigenvalue weighted by atomic mass is 10.2. The molecule has 0 saturated heterocycles. The van der Waals surface area contributed by atoms with Crippen molar-refractivity contribution in [2.75, 3.05) is 24.5 Å². The summed E-state index contributed by atoms with van der Waals surface area (Å²) >= 11 is 1.36. The zero-order chi connectivity index (χ0) is 21.9. The summed E-state index contributed by atoms with van der Waals surface area (Å²) in [7, 11) is 1.78. The summed E-state index contributed by atoms with van der Waals surface area (Å²) in [6.07, 6.45) is 0. The molecule has 2 heterocycles. The molecule has 1 amide bonds. The number of hydrogen-bond donors (Lipinski definition) is 0. The van der Waals surface area contributed by atoms with Crippen LogP contribution >= 0.6 is 11.8 Å². The zero-order valence-corrected chi connectivity index (χ0v) is 18.2. The molecule has 0 radical (unpaired) electrons. The van der Waals surface area contributed by atoms with Gasteiger partial charge in [0.1, 0.15) is 0 Å². The Bertz CT molecular complexity index is 1240. The number of carbonyl (C=O) groups is 1. The summed E-state index contributed by atoms with van der Waals surface area (Å²) < 4.78 is 12.9. The second-order valence-electron chi connectivity index (χ2n) is 7.12. The number of ether oxygens (including phenoxy) is 2. The van der Waals surface area contributed by atoms with E-state index in [2.05, 4.69) is 10.2 Å². The van der Waals surface area contributed by atoms with Crippen molar-refractivity contribution in [3.63, 3.8) is 0 Å². The second-order valence-corrected chi connectivity index (χ2v) is 8.06. The molecule has 0 spiro atoms. The van der Waals surface area contributed by atoms with Gasteiger partial charge in [0.15, 0.2) is 22.5 Å². The van der Waals surface area contributed by atoms with E-state index in [1.807, 2.05) is 83.4 Å². The summed E-state index contributed by atoms with van der Waals surface area (Å²) in [5.74, 6) is 2.27. The number of anilines is 1. The minimum absolute atomic E-state index is 0.0200. The maximum Gasteiger partial charge on any atom is 0.237 e. The topological polar surface area (TPSA) is 69.5 Å². The Labute approximate surface area is 189 Å². The Balaban J connectivity index is 1.45. The number of amides is 1. The van der Waals surface area contributed by atoms with Crippen molar-refractivity contribution in [1.29, 1.82) is 0 Å². The van der Waals surface area contributed by atoms with Crippen LogP contribution in [0.15, 0.2) is 84.0 Å². The van der Waals surface area contributed by atoms with Crippen LogP contribution in [0.3, 0.4) is 0 Å². The summed E-state index contributed by atoms with van der Waals surface area (Å²) in [4.78, 5) is 14.4. The third-order valence-corrected chi connectivity index (χ3v) is 6.03. The second kappa shape index (κ2) is 8.76. The number of hydrogen-bond acceptors (Lipinski definition) is 6. The molecule has 0 N–H and O–H groups in total. The highest BCUT2D eigenvalue weighted by Crippen LogP contribution is 2.37. The van der Waals surface area contributed by atoms with Crippen LogP contribution in [0.2, 0.25) is 0 Å². The van der Waals surface area contributed by atoms with E-state index >= 15 is 0 Å². The average Bonchev–Trinajstić information content (AvgIpc) is 3.49. The molecule has 0 fully saturated rings. The van der Waals surface area contributed by atoms with Crippen LogP contribution in [0, 0.1) is 0 Å². The van der Waals surface area contributed by atoms with Gasteiger partial charge in [0.05, 0.1) is 5.75 Å². The maximum absolute atomic E-state index is 12.8. The lowest BCUT2D eigenvalue weighted by Gasteiger charge is -2.17. The fourth-order valence-corrected chi connectivity index (χ4v) is 4.28. The normalized spacial score (nSPS) is 12.0. The van der Waals surface area contributed by atoms with Gasteiger partial charge in [-0.25, -0.2) is 0 Å². The molecule has 0 atom stereocenters. The van der Waals surface area contributed by atoms with Gasteiger partial charge in [-0.05, 0) is 42.5 Å². The average molecular weight is 445 g/mol. The van der Waals surface area contributed by atoms with Crippen molar-refractivity contribution >= 4 is 23.4 Å². The molecule has 7 nitrogen and oxygen atoms in total. The lowest BCUT2D eigenvalue weighted by molar-refractivity contribution is -0.115. The SMILES string of the molecule is CN(C(=O)CSc1nnc(-c2ccc3c(c2)OCO3)n1-c1ccccc1)c1ccccc1. The van der Waals surface area contributed by atoms with Crippen LogP contribution in [0.4, 0.5) is 5.69 Å². The van der Waals surface area contributed by atoms with E-state index in [1.165, 1.54) is 11.8 Å². The number of para-hydroxylation sites is 2. The van der Waals surface area contributed by atoms with Crippen LogP contribution in [0.1, 0.15) is 0 Å². The minimum atomic E-state index is -0.0200. The molecule has 3 aromatic carbocycles. The first-order chi connectivity index (χ1) is 15.7. The third-order valence-electron chi connectivity index (χ3n) is 5.12. The van der Waals surface area contributed by atoms with Gasteiger partial charge < -0.3 is 14.4 Å². The monoisotopic (exact) mass is 444 g/mol. The first-order valence-corrected chi connectivity index (χ1v) is 11.0. The summed E-state index contributed by atoms with van der Waals surface area (Å²) in [5.41, 5.74) is 2.62. The van der Waals surface area contributed by atoms with Crippen molar-refractivity contribution in [1.82, 2.24) is 14.8 Å². The van der Waals surface area contributed by atoms with Crippen LogP contribution in [0.5, 0.6) is 11.5 Å². The van der Waals surface area contributed by atoms with Crippen LogP contribution in [0.25, 0.3) is 17.1 Å². The fraction of sp³-hybridized carbons (Fsp3) is 0.125. The minimum Gasteiger partial charge on any atom is -0.454 e. The predicted molar refractivity (Wildman–Crippen MR) is 123 cm³/mol. The van der Waals surface area contributed by atoms with Gasteiger partial charge in [-0.3, -0.25) is 9.36 Å². The fourth-order valence-electron chi connectivity index (χ4n) is 3.41. The molecule has 0 bridgehead atoms. The summed E-state index contributed by atoms with van der Waals surface area (Å²) in [6.45, 7) is 0.211. The number of carbonyl (C=O) groups excluding carboxylic acids is 1. The highest BCUT2D eigenvalue weighted by molar-refractivity contribution is 7.99. The quantitative estimate of drug-likeness (QED) is 0.410. The lowest BCUT2D eigenvalue weighted by Crippen LogP contribution is -2.27. The van der Waals surface area contributed by atoms with Crippen molar-refractivity contribution in [3.8, 4) is 28.6 Å². The van der Waals surface area contributed by atoms with Crippen LogP contribution < -0.4 is 14.4 Å². The maximum atomic E-state index is 12.8. The molecule has 0 unspecified atom stereocenters. The Morgan fingerprint density at radius 3 is 2.47 bits per heavy atom. The smallest absolute Gasteiger partial charge is 0.237 e. The number of fused-ring (bicyclic) bond motifs is 1. The molecule has 4 aromatic rings. The van der Waals surface area contributed by atoms with Gasteiger partial charge in [-0.2, -0.15) is 0 Å². The Morgan fingerprint density at radius 1 is 0.969 bits per heavy atom. The standard InChI is InChI=1S/C24H20N4O3S/c1-27(18-8-4-2-5-9-18)22(29)15-32-24-26-25-23(28(24)19-10-6-3-7-11-19)17-12-13-20-21(14-17)31-16-30-20/h2-14H,15-16H2,1H3. The first kappa shape index (κ1) is 20.1. The third kappa shape index (κ3) is 3.92. The van der Waals surface area contributed by atoms with E-state index in [1.54, 1.807) is 11.9 Å². The molecular formula is C24H20N4O3S. The molecular weight excluding hydrogens is 424 g/mol. The summed E-state index contributed by atoms with van der Waals surface area (Å²) in [6, 6.07) is 25.1. The Kier molecular flexibility index (Phi) is 5.51. The van der Waals surface area contributed by atoms with Gasteiger partial charge in [-0.1, -0.05) is 48.2 Å². The highest BCUT2D eigenvalue weighted by atomic mass is 32.2. The van der Waals surface area contributed by atoms with Gasteiger partial charge in [0, 0.05) is 24.0 Å². The summed E-state index contributed by atoms with van der Waals surface area (Å²) in [5, 5.41) is 9.48. The molecule has 1 aliphatic heterocycles. The Hall–Kier alpha value is -3.78.